The summed E-state index contributed by atoms with van der Waals surface area (Å²) >= 11 is 0. The van der Waals surface area contributed by atoms with Crippen LogP contribution in [0.1, 0.15) is 41.4 Å². The van der Waals surface area contributed by atoms with E-state index in [2.05, 4.69) is 10.3 Å². The van der Waals surface area contributed by atoms with Crippen LogP contribution in [0.25, 0.3) is 11.0 Å². The molecule has 0 spiro atoms. The van der Waals surface area contributed by atoms with E-state index in [0.717, 1.165) is 36.0 Å². The van der Waals surface area contributed by atoms with Crippen molar-refractivity contribution in [2.75, 3.05) is 46.2 Å². The van der Waals surface area contributed by atoms with Crippen molar-refractivity contribution in [3.8, 4) is 5.75 Å². The van der Waals surface area contributed by atoms with Crippen LogP contribution in [0.4, 0.5) is 5.95 Å². The first-order valence-corrected chi connectivity index (χ1v) is 12.3. The van der Waals surface area contributed by atoms with Gasteiger partial charge in [-0.25, -0.2) is 4.98 Å². The summed E-state index contributed by atoms with van der Waals surface area (Å²) in [5, 5.41) is 3.01. The molecule has 9 heteroatoms. The lowest BCUT2D eigenvalue weighted by Gasteiger charge is -2.26. The molecule has 9 nitrogen and oxygen atoms in total. The molecule has 1 saturated heterocycles. The van der Waals surface area contributed by atoms with E-state index in [1.807, 2.05) is 59.7 Å². The van der Waals surface area contributed by atoms with E-state index in [9.17, 15) is 9.59 Å². The van der Waals surface area contributed by atoms with E-state index >= 15 is 0 Å². The van der Waals surface area contributed by atoms with Gasteiger partial charge in [-0.15, -0.1) is 0 Å². The zero-order valence-electron chi connectivity index (χ0n) is 21.4. The van der Waals surface area contributed by atoms with Gasteiger partial charge in [0, 0.05) is 43.2 Å². The molecule has 190 valence electrons. The van der Waals surface area contributed by atoms with Crippen molar-refractivity contribution in [2.45, 2.75) is 32.2 Å². The normalized spacial score (nSPS) is 16.5. The van der Waals surface area contributed by atoms with Crippen molar-refractivity contribution in [1.29, 1.82) is 0 Å². The van der Waals surface area contributed by atoms with Crippen molar-refractivity contribution >= 4 is 28.8 Å². The maximum absolute atomic E-state index is 13.1. The standard InChI is InChI=1S/C27H34N6O3/c1-19-17-20(13-14-28-19)26(35)30-27-29-22-10-7-11-23(36-4)25(22)33(27)21-9-5-6-16-32(18-21)24(34)12-8-15-31(2)3/h7-8,10-14,17,21H,5-6,9,15-16,18H2,1-4H3,(H,29,30,35). The molecule has 0 saturated carbocycles. The number of carbonyl (C=O) groups is 2. The zero-order chi connectivity index (χ0) is 25.7. The molecule has 0 bridgehead atoms. The molecule has 4 rings (SSSR count). The number of rotatable bonds is 7. The second-order valence-electron chi connectivity index (χ2n) is 9.37. The quantitative estimate of drug-likeness (QED) is 0.508. The molecule has 2 aromatic heterocycles. The van der Waals surface area contributed by atoms with Gasteiger partial charge in [0.2, 0.25) is 11.9 Å². The average Bonchev–Trinajstić information content (AvgIpc) is 3.04. The molecule has 1 fully saturated rings. The second-order valence-corrected chi connectivity index (χ2v) is 9.37. The van der Waals surface area contributed by atoms with Crippen LogP contribution in [0.5, 0.6) is 5.75 Å². The van der Waals surface area contributed by atoms with Crippen molar-refractivity contribution in [2.24, 2.45) is 0 Å². The van der Waals surface area contributed by atoms with E-state index in [4.69, 9.17) is 9.72 Å². The molecule has 1 N–H and O–H groups in total. The molecule has 1 aliphatic rings. The lowest BCUT2D eigenvalue weighted by Crippen LogP contribution is -2.34. The highest BCUT2D eigenvalue weighted by atomic mass is 16.5. The number of pyridine rings is 1. The molecule has 36 heavy (non-hydrogen) atoms. The highest BCUT2D eigenvalue weighted by Crippen LogP contribution is 2.35. The Morgan fingerprint density at radius 3 is 2.83 bits per heavy atom. The maximum atomic E-state index is 13.1. The second kappa shape index (κ2) is 11.3. The molecular weight excluding hydrogens is 456 g/mol. The SMILES string of the molecule is COc1cccc2nc(NC(=O)c3ccnc(C)c3)n(C3CCCCN(C(=O)C=CCN(C)C)C3)c12. The Kier molecular flexibility index (Phi) is 8.00. The molecule has 1 unspecified atom stereocenters. The minimum absolute atomic E-state index is 0.00187. The lowest BCUT2D eigenvalue weighted by molar-refractivity contribution is -0.126. The predicted octanol–water partition coefficient (Wildman–Crippen LogP) is 3.67. The minimum Gasteiger partial charge on any atom is -0.494 e. The number of imidazole rings is 1. The fourth-order valence-electron chi connectivity index (χ4n) is 4.59. The number of hydrogen-bond donors (Lipinski definition) is 1. The van der Waals surface area contributed by atoms with E-state index in [1.54, 1.807) is 31.5 Å². The van der Waals surface area contributed by atoms with E-state index in [-0.39, 0.29) is 17.9 Å². The van der Waals surface area contributed by atoms with Gasteiger partial charge in [-0.05, 0) is 64.5 Å². The van der Waals surface area contributed by atoms with E-state index < -0.39 is 0 Å². The first kappa shape index (κ1) is 25.4. The van der Waals surface area contributed by atoms with Crippen LogP contribution in [-0.4, -0.2) is 77.0 Å². The Hall–Kier alpha value is -3.72. The van der Waals surface area contributed by atoms with Crippen molar-refractivity contribution in [3.63, 3.8) is 0 Å². The number of nitrogens with one attached hydrogen (secondary N) is 1. The number of benzene rings is 1. The number of likely N-dealkylation sites (N-methyl/N-ethyl adjacent to an activating group) is 1. The number of ether oxygens (including phenoxy) is 1. The molecule has 2 amide bonds. The summed E-state index contributed by atoms with van der Waals surface area (Å²) in [5.41, 5.74) is 2.81. The first-order chi connectivity index (χ1) is 17.4. The fraction of sp³-hybridized carbons (Fsp3) is 0.407. The molecule has 3 aromatic rings. The Balaban J connectivity index is 1.70. The Labute approximate surface area is 211 Å². The summed E-state index contributed by atoms with van der Waals surface area (Å²) in [6, 6.07) is 9.03. The summed E-state index contributed by atoms with van der Waals surface area (Å²) in [6.07, 6.45) is 7.90. The monoisotopic (exact) mass is 490 g/mol. The summed E-state index contributed by atoms with van der Waals surface area (Å²) in [6.45, 7) is 3.77. The number of carbonyl (C=O) groups excluding carboxylic acids is 2. The fourth-order valence-corrected chi connectivity index (χ4v) is 4.59. The van der Waals surface area contributed by atoms with E-state index in [0.29, 0.717) is 36.9 Å². The van der Waals surface area contributed by atoms with Crippen LogP contribution in [0.3, 0.4) is 0 Å². The molecule has 1 atom stereocenters. The van der Waals surface area contributed by atoms with Crippen molar-refractivity contribution in [3.05, 3.63) is 59.9 Å². The molecule has 1 aromatic carbocycles. The largest absolute Gasteiger partial charge is 0.494 e. The number of amides is 2. The van der Waals surface area contributed by atoms with Crippen LogP contribution in [0, 0.1) is 6.92 Å². The smallest absolute Gasteiger partial charge is 0.258 e. The number of anilines is 1. The summed E-state index contributed by atoms with van der Waals surface area (Å²) in [5.74, 6) is 0.854. The number of nitrogens with zero attached hydrogens (tertiary/aromatic N) is 5. The van der Waals surface area contributed by atoms with Crippen LogP contribution >= 0.6 is 0 Å². The molecule has 1 aliphatic heterocycles. The summed E-state index contributed by atoms with van der Waals surface area (Å²) in [4.78, 5) is 39.0. The number of fused-ring (bicyclic) bond motifs is 1. The van der Waals surface area contributed by atoms with Gasteiger partial charge in [0.1, 0.15) is 11.3 Å². The number of aryl methyl sites for hydroxylation is 1. The molecule has 3 heterocycles. The third-order valence-electron chi connectivity index (χ3n) is 6.33. The molecule has 0 radical (unpaired) electrons. The van der Waals surface area contributed by atoms with Crippen LogP contribution in [-0.2, 0) is 4.79 Å². The van der Waals surface area contributed by atoms with Crippen molar-refractivity contribution in [1.82, 2.24) is 24.3 Å². The average molecular weight is 491 g/mol. The third-order valence-corrected chi connectivity index (χ3v) is 6.33. The number of methoxy groups -OCH3 is 1. The van der Waals surface area contributed by atoms with Gasteiger partial charge < -0.3 is 19.1 Å². The predicted molar refractivity (Wildman–Crippen MR) is 140 cm³/mol. The maximum Gasteiger partial charge on any atom is 0.258 e. The van der Waals surface area contributed by atoms with Gasteiger partial charge in [-0.2, -0.15) is 0 Å². The molecular formula is C27H34N6O3. The van der Waals surface area contributed by atoms with Crippen LogP contribution < -0.4 is 10.1 Å². The zero-order valence-corrected chi connectivity index (χ0v) is 21.4. The summed E-state index contributed by atoms with van der Waals surface area (Å²) < 4.78 is 7.72. The minimum atomic E-state index is -0.260. The molecule has 0 aliphatic carbocycles. The lowest BCUT2D eigenvalue weighted by atomic mass is 10.1. The Morgan fingerprint density at radius 2 is 2.08 bits per heavy atom. The van der Waals surface area contributed by atoms with Crippen molar-refractivity contribution < 1.29 is 14.3 Å². The van der Waals surface area contributed by atoms with Crippen LogP contribution in [0.2, 0.25) is 0 Å². The summed E-state index contributed by atoms with van der Waals surface area (Å²) in [7, 11) is 5.57. The van der Waals surface area contributed by atoms with Gasteiger partial charge in [-0.1, -0.05) is 12.1 Å². The first-order valence-electron chi connectivity index (χ1n) is 12.3. The number of likely N-dealkylation sites (tertiary alicyclic amines) is 1. The van der Waals surface area contributed by atoms with Gasteiger partial charge in [-0.3, -0.25) is 19.9 Å². The Morgan fingerprint density at radius 1 is 1.25 bits per heavy atom. The van der Waals surface area contributed by atoms with Gasteiger partial charge in [0.25, 0.3) is 5.91 Å². The Bertz CT molecular complexity index is 1270. The highest BCUT2D eigenvalue weighted by molar-refractivity contribution is 6.04. The van der Waals surface area contributed by atoms with Crippen LogP contribution in [0.15, 0.2) is 48.7 Å². The topological polar surface area (TPSA) is 92.6 Å². The highest BCUT2D eigenvalue weighted by Gasteiger charge is 2.28. The van der Waals surface area contributed by atoms with Gasteiger partial charge in [0.15, 0.2) is 0 Å². The number of aromatic nitrogens is 3. The number of hydrogen-bond acceptors (Lipinski definition) is 6. The number of para-hydroxylation sites is 1. The third kappa shape index (κ3) is 5.73. The van der Waals surface area contributed by atoms with Gasteiger partial charge in [0.05, 0.1) is 18.7 Å². The van der Waals surface area contributed by atoms with Gasteiger partial charge >= 0.3 is 0 Å². The van der Waals surface area contributed by atoms with E-state index in [1.165, 1.54) is 0 Å².